The van der Waals surface area contributed by atoms with Crippen LogP contribution in [0.2, 0.25) is 0 Å². The number of ether oxygens (including phenoxy) is 3. The van der Waals surface area contributed by atoms with E-state index in [1.54, 1.807) is 0 Å². The molecule has 0 fully saturated rings. The van der Waals surface area contributed by atoms with Crippen molar-refractivity contribution < 1.29 is 19.0 Å². The highest BCUT2D eigenvalue weighted by molar-refractivity contribution is 5.66. The van der Waals surface area contributed by atoms with Gasteiger partial charge in [-0.15, -0.1) is 0 Å². The van der Waals surface area contributed by atoms with Crippen LogP contribution in [0.25, 0.3) is 0 Å². The summed E-state index contributed by atoms with van der Waals surface area (Å²) < 4.78 is 18.1. The Kier molecular flexibility index (Phi) is 6.18. The molecule has 2 atom stereocenters. The lowest BCUT2D eigenvalue weighted by Gasteiger charge is -2.44. The number of nitrogens with one attached hydrogen (secondary N) is 1. The van der Waals surface area contributed by atoms with E-state index < -0.39 is 17.8 Å². The first-order chi connectivity index (χ1) is 13.7. The third kappa shape index (κ3) is 5.10. The summed E-state index contributed by atoms with van der Waals surface area (Å²) in [5.41, 5.74) is 3.60. The molecule has 0 saturated heterocycles. The summed E-state index contributed by atoms with van der Waals surface area (Å²) in [5.74, 6) is 0.408. The molecule has 0 saturated carbocycles. The number of anilines is 1. The number of esters is 1. The summed E-state index contributed by atoms with van der Waals surface area (Å²) in [4.78, 5) is 11.7. The Labute approximate surface area is 173 Å². The van der Waals surface area contributed by atoms with Crippen molar-refractivity contribution in [1.29, 1.82) is 0 Å². The zero-order valence-corrected chi connectivity index (χ0v) is 18.1. The summed E-state index contributed by atoms with van der Waals surface area (Å²) in [6, 6.07) is 14.4. The van der Waals surface area contributed by atoms with Crippen LogP contribution in [-0.4, -0.2) is 23.8 Å². The second-order valence-electron chi connectivity index (χ2n) is 8.43. The van der Waals surface area contributed by atoms with Crippen molar-refractivity contribution in [2.24, 2.45) is 0 Å². The predicted octanol–water partition coefficient (Wildman–Crippen LogP) is 5.18. The number of carbonyl (C=O) groups excluding carboxylic acids is 1. The smallest absolute Gasteiger partial charge is 0.303 e. The topological polar surface area (TPSA) is 56.8 Å². The molecule has 2 aromatic carbocycles. The Hall–Kier alpha value is -2.53. The Morgan fingerprint density at radius 1 is 1.17 bits per heavy atom. The van der Waals surface area contributed by atoms with E-state index in [0.717, 1.165) is 17.0 Å². The van der Waals surface area contributed by atoms with Gasteiger partial charge in [0.15, 0.2) is 6.10 Å². The molecule has 0 amide bonds. The maximum absolute atomic E-state index is 11.7. The highest BCUT2D eigenvalue weighted by Crippen LogP contribution is 2.44. The van der Waals surface area contributed by atoms with E-state index in [4.69, 9.17) is 14.2 Å². The lowest BCUT2D eigenvalue weighted by Crippen LogP contribution is -2.52. The Balaban J connectivity index is 1.89. The lowest BCUT2D eigenvalue weighted by atomic mass is 9.87. The molecule has 156 valence electrons. The maximum atomic E-state index is 11.7. The number of fused-ring (bicyclic) bond motifs is 1. The fourth-order valence-corrected chi connectivity index (χ4v) is 3.57. The van der Waals surface area contributed by atoms with Crippen LogP contribution in [0.15, 0.2) is 42.5 Å². The van der Waals surface area contributed by atoms with E-state index in [1.165, 1.54) is 18.1 Å². The largest absolute Gasteiger partial charge is 0.483 e. The maximum Gasteiger partial charge on any atom is 0.303 e. The number of carbonyl (C=O) groups is 1. The SMILES string of the molecule is CC(=O)OC1C(OC(C)C)c2cc(NCc3ccc(C)cc3)ccc2OC1(C)C. The number of rotatable bonds is 6. The zero-order valence-electron chi connectivity index (χ0n) is 18.1. The molecule has 1 aliphatic rings. The van der Waals surface area contributed by atoms with Gasteiger partial charge in [-0.05, 0) is 58.4 Å². The zero-order chi connectivity index (χ0) is 21.2. The van der Waals surface area contributed by atoms with Gasteiger partial charge < -0.3 is 19.5 Å². The molecule has 5 heteroatoms. The standard InChI is InChI=1S/C24H31NO4/c1-15(2)27-22-20-13-19(25-14-18-9-7-16(3)8-10-18)11-12-21(20)29-24(5,6)23(22)28-17(4)26/h7-13,15,22-23,25H,14H2,1-6H3. The van der Waals surface area contributed by atoms with Crippen LogP contribution in [0.4, 0.5) is 5.69 Å². The number of benzene rings is 2. The quantitative estimate of drug-likeness (QED) is 0.681. The molecule has 2 unspecified atom stereocenters. The molecular weight excluding hydrogens is 366 g/mol. The number of aryl methyl sites for hydroxylation is 1. The van der Waals surface area contributed by atoms with E-state index in [2.05, 4.69) is 36.5 Å². The second-order valence-corrected chi connectivity index (χ2v) is 8.43. The van der Waals surface area contributed by atoms with Crippen molar-refractivity contribution in [2.45, 2.75) is 72.0 Å². The summed E-state index contributed by atoms with van der Waals surface area (Å²) >= 11 is 0. The molecule has 1 N–H and O–H groups in total. The molecule has 0 bridgehead atoms. The third-order valence-corrected chi connectivity index (χ3v) is 4.98. The first-order valence-corrected chi connectivity index (χ1v) is 10.1. The minimum Gasteiger partial charge on any atom is -0.483 e. The van der Waals surface area contributed by atoms with Gasteiger partial charge in [-0.25, -0.2) is 0 Å². The molecule has 2 aromatic rings. The van der Waals surface area contributed by atoms with Gasteiger partial charge in [0.1, 0.15) is 17.5 Å². The molecule has 0 aromatic heterocycles. The molecule has 1 aliphatic heterocycles. The van der Waals surface area contributed by atoms with E-state index in [0.29, 0.717) is 6.54 Å². The molecule has 29 heavy (non-hydrogen) atoms. The molecule has 1 heterocycles. The van der Waals surface area contributed by atoms with Crippen molar-refractivity contribution in [3.8, 4) is 5.75 Å². The lowest BCUT2D eigenvalue weighted by molar-refractivity contribution is -0.187. The van der Waals surface area contributed by atoms with Crippen molar-refractivity contribution in [2.75, 3.05) is 5.32 Å². The average molecular weight is 398 g/mol. The molecule has 0 aliphatic carbocycles. The van der Waals surface area contributed by atoms with Crippen LogP contribution < -0.4 is 10.1 Å². The van der Waals surface area contributed by atoms with Gasteiger partial charge in [-0.2, -0.15) is 0 Å². The van der Waals surface area contributed by atoms with Crippen LogP contribution in [0.3, 0.4) is 0 Å². The second kappa shape index (κ2) is 8.46. The normalized spacial score (nSPS) is 20.0. The highest BCUT2D eigenvalue weighted by atomic mass is 16.6. The van der Waals surface area contributed by atoms with Crippen LogP contribution >= 0.6 is 0 Å². The van der Waals surface area contributed by atoms with Gasteiger partial charge in [0.25, 0.3) is 0 Å². The summed E-state index contributed by atoms with van der Waals surface area (Å²) in [7, 11) is 0. The van der Waals surface area contributed by atoms with Gasteiger partial charge in [-0.3, -0.25) is 4.79 Å². The van der Waals surface area contributed by atoms with Crippen LogP contribution in [0, 0.1) is 6.92 Å². The van der Waals surface area contributed by atoms with Crippen LogP contribution in [0.1, 0.15) is 57.4 Å². The number of hydrogen-bond acceptors (Lipinski definition) is 5. The average Bonchev–Trinajstić information content (AvgIpc) is 2.63. The Morgan fingerprint density at radius 3 is 2.48 bits per heavy atom. The fraction of sp³-hybridized carbons (Fsp3) is 0.458. The van der Waals surface area contributed by atoms with Gasteiger partial charge in [0, 0.05) is 24.7 Å². The molecule has 3 rings (SSSR count). The van der Waals surface area contributed by atoms with E-state index in [-0.39, 0.29) is 12.1 Å². The van der Waals surface area contributed by atoms with Crippen LogP contribution in [-0.2, 0) is 20.8 Å². The first-order valence-electron chi connectivity index (χ1n) is 10.1. The predicted molar refractivity (Wildman–Crippen MR) is 114 cm³/mol. The third-order valence-electron chi connectivity index (χ3n) is 4.98. The minimum absolute atomic E-state index is 0.0241. The molecular formula is C24H31NO4. The van der Waals surface area contributed by atoms with Crippen molar-refractivity contribution in [3.05, 3.63) is 59.2 Å². The van der Waals surface area contributed by atoms with Gasteiger partial charge in [0.2, 0.25) is 0 Å². The van der Waals surface area contributed by atoms with E-state index >= 15 is 0 Å². The molecule has 0 spiro atoms. The fourth-order valence-electron chi connectivity index (χ4n) is 3.57. The van der Waals surface area contributed by atoms with E-state index in [1.807, 2.05) is 45.9 Å². The summed E-state index contributed by atoms with van der Waals surface area (Å²) in [6.45, 7) is 12.0. The monoisotopic (exact) mass is 397 g/mol. The summed E-state index contributed by atoms with van der Waals surface area (Å²) in [5, 5.41) is 3.46. The van der Waals surface area contributed by atoms with Crippen molar-refractivity contribution in [1.82, 2.24) is 0 Å². The first kappa shape index (κ1) is 21.2. The highest BCUT2D eigenvalue weighted by Gasteiger charge is 2.47. The number of hydrogen-bond donors (Lipinski definition) is 1. The molecule has 5 nitrogen and oxygen atoms in total. The Morgan fingerprint density at radius 2 is 1.86 bits per heavy atom. The van der Waals surface area contributed by atoms with Gasteiger partial charge >= 0.3 is 5.97 Å². The minimum atomic E-state index is -0.699. The van der Waals surface area contributed by atoms with Crippen molar-refractivity contribution >= 4 is 11.7 Å². The summed E-state index contributed by atoms with van der Waals surface area (Å²) in [6.07, 6.45) is -0.968. The van der Waals surface area contributed by atoms with E-state index in [9.17, 15) is 4.79 Å². The van der Waals surface area contributed by atoms with Crippen LogP contribution in [0.5, 0.6) is 5.75 Å². The van der Waals surface area contributed by atoms with Gasteiger partial charge in [0.05, 0.1) is 6.10 Å². The Bertz CT molecular complexity index is 858. The van der Waals surface area contributed by atoms with Gasteiger partial charge in [-0.1, -0.05) is 29.8 Å². The molecule has 0 radical (unpaired) electrons. The van der Waals surface area contributed by atoms with Crippen molar-refractivity contribution in [3.63, 3.8) is 0 Å².